The van der Waals surface area contributed by atoms with Crippen LogP contribution in [0.4, 0.5) is 5.69 Å². The van der Waals surface area contributed by atoms with Gasteiger partial charge in [-0.2, -0.15) is 0 Å². The standard InChI is InChI=1S/C24H22ClN3O3/c1-15(16-5-11-19(31-2)12-6-16)27-22(29)14-21-23-20(4-3-13-26-23)24(30)28(21)18-9-7-17(25)8-10-18/h3-13,15,21H,14H2,1-2H3,(H,27,29). The van der Waals surface area contributed by atoms with E-state index in [-0.39, 0.29) is 24.3 Å². The molecule has 6 nitrogen and oxygen atoms in total. The number of anilines is 1. The number of benzene rings is 2. The van der Waals surface area contributed by atoms with Crippen LogP contribution in [0.15, 0.2) is 66.9 Å². The van der Waals surface area contributed by atoms with Gasteiger partial charge < -0.3 is 10.1 Å². The lowest BCUT2D eigenvalue weighted by atomic mass is 10.1. The van der Waals surface area contributed by atoms with Crippen molar-refractivity contribution in [3.8, 4) is 5.75 Å². The van der Waals surface area contributed by atoms with E-state index in [1.165, 1.54) is 0 Å². The minimum Gasteiger partial charge on any atom is -0.497 e. The van der Waals surface area contributed by atoms with Gasteiger partial charge in [0.1, 0.15) is 5.75 Å². The molecule has 0 aliphatic carbocycles. The van der Waals surface area contributed by atoms with E-state index in [9.17, 15) is 9.59 Å². The predicted molar refractivity (Wildman–Crippen MR) is 119 cm³/mol. The van der Waals surface area contributed by atoms with Gasteiger partial charge in [-0.25, -0.2) is 0 Å². The van der Waals surface area contributed by atoms with Gasteiger partial charge in [0.05, 0.1) is 36.9 Å². The number of hydrogen-bond acceptors (Lipinski definition) is 4. The number of fused-ring (bicyclic) bond motifs is 1. The average molecular weight is 436 g/mol. The minimum absolute atomic E-state index is 0.0961. The van der Waals surface area contributed by atoms with Crippen LogP contribution in [-0.4, -0.2) is 23.9 Å². The van der Waals surface area contributed by atoms with Crippen molar-refractivity contribution in [2.24, 2.45) is 0 Å². The summed E-state index contributed by atoms with van der Waals surface area (Å²) in [5.74, 6) is 0.415. The van der Waals surface area contributed by atoms with Crippen LogP contribution < -0.4 is 15.0 Å². The number of carbonyl (C=O) groups is 2. The van der Waals surface area contributed by atoms with E-state index in [4.69, 9.17) is 16.3 Å². The molecule has 158 valence electrons. The smallest absolute Gasteiger partial charge is 0.260 e. The molecule has 1 aliphatic heterocycles. The van der Waals surface area contributed by atoms with Crippen LogP contribution in [0.5, 0.6) is 5.75 Å². The Hall–Kier alpha value is -3.38. The van der Waals surface area contributed by atoms with Crippen LogP contribution in [0.25, 0.3) is 0 Å². The summed E-state index contributed by atoms with van der Waals surface area (Å²) in [6, 6.07) is 17.3. The zero-order valence-corrected chi connectivity index (χ0v) is 18.0. The highest BCUT2D eigenvalue weighted by molar-refractivity contribution is 6.30. The molecule has 2 atom stereocenters. The molecule has 2 aromatic carbocycles. The number of ether oxygens (including phenoxy) is 1. The van der Waals surface area contributed by atoms with Gasteiger partial charge in [-0.15, -0.1) is 0 Å². The lowest BCUT2D eigenvalue weighted by Crippen LogP contribution is -2.34. The molecular weight excluding hydrogens is 414 g/mol. The third kappa shape index (κ3) is 4.25. The number of hydrogen-bond donors (Lipinski definition) is 1. The molecule has 0 radical (unpaired) electrons. The molecule has 1 aliphatic rings. The molecule has 2 heterocycles. The molecule has 3 aromatic rings. The highest BCUT2D eigenvalue weighted by Crippen LogP contribution is 2.38. The Morgan fingerprint density at radius 2 is 1.87 bits per heavy atom. The van der Waals surface area contributed by atoms with Crippen LogP contribution >= 0.6 is 11.6 Å². The molecule has 1 N–H and O–H groups in total. The van der Waals surface area contributed by atoms with Gasteiger partial charge >= 0.3 is 0 Å². The molecule has 2 unspecified atom stereocenters. The van der Waals surface area contributed by atoms with E-state index < -0.39 is 6.04 Å². The number of rotatable bonds is 6. The van der Waals surface area contributed by atoms with E-state index in [0.29, 0.717) is 22.0 Å². The van der Waals surface area contributed by atoms with Crippen molar-refractivity contribution in [2.75, 3.05) is 12.0 Å². The van der Waals surface area contributed by atoms with Crippen LogP contribution in [0.1, 0.15) is 47.0 Å². The Morgan fingerprint density at radius 1 is 1.16 bits per heavy atom. The molecule has 0 saturated carbocycles. The lowest BCUT2D eigenvalue weighted by Gasteiger charge is -2.25. The van der Waals surface area contributed by atoms with Crippen LogP contribution in [0.2, 0.25) is 5.02 Å². The molecular formula is C24H22ClN3O3. The molecule has 31 heavy (non-hydrogen) atoms. The number of nitrogens with one attached hydrogen (secondary N) is 1. The van der Waals surface area contributed by atoms with Crippen LogP contribution in [-0.2, 0) is 4.79 Å². The molecule has 0 bridgehead atoms. The van der Waals surface area contributed by atoms with Crippen molar-refractivity contribution in [1.29, 1.82) is 0 Å². The lowest BCUT2D eigenvalue weighted by molar-refractivity contribution is -0.122. The number of carbonyl (C=O) groups excluding carboxylic acids is 2. The maximum absolute atomic E-state index is 13.1. The van der Waals surface area contributed by atoms with Gasteiger partial charge in [0.25, 0.3) is 5.91 Å². The maximum atomic E-state index is 13.1. The van der Waals surface area contributed by atoms with E-state index in [2.05, 4.69) is 10.3 Å². The fourth-order valence-corrected chi connectivity index (χ4v) is 3.92. The fourth-order valence-electron chi connectivity index (χ4n) is 3.80. The Kier molecular flexibility index (Phi) is 5.91. The fraction of sp³-hybridized carbons (Fsp3) is 0.208. The van der Waals surface area contributed by atoms with Crippen molar-refractivity contribution in [2.45, 2.75) is 25.4 Å². The minimum atomic E-state index is -0.493. The SMILES string of the molecule is COc1ccc(C(C)NC(=O)CC2c3ncccc3C(=O)N2c2ccc(Cl)cc2)cc1. The first-order valence-corrected chi connectivity index (χ1v) is 10.3. The highest BCUT2D eigenvalue weighted by atomic mass is 35.5. The largest absolute Gasteiger partial charge is 0.497 e. The third-order valence-electron chi connectivity index (χ3n) is 5.39. The molecule has 2 amide bonds. The molecule has 4 rings (SSSR count). The van der Waals surface area contributed by atoms with Crippen molar-refractivity contribution in [1.82, 2.24) is 10.3 Å². The number of amides is 2. The first-order chi connectivity index (χ1) is 15.0. The second kappa shape index (κ2) is 8.78. The molecule has 7 heteroatoms. The summed E-state index contributed by atoms with van der Waals surface area (Å²) in [5.41, 5.74) is 2.76. The van der Waals surface area contributed by atoms with Gasteiger partial charge in [0.2, 0.25) is 5.91 Å². The van der Waals surface area contributed by atoms with Crippen molar-refractivity contribution in [3.63, 3.8) is 0 Å². The number of pyridine rings is 1. The second-order valence-corrected chi connectivity index (χ2v) is 7.81. The zero-order valence-electron chi connectivity index (χ0n) is 17.2. The van der Waals surface area contributed by atoms with E-state index in [1.54, 1.807) is 54.6 Å². The number of nitrogens with zero attached hydrogens (tertiary/aromatic N) is 2. The summed E-state index contributed by atoms with van der Waals surface area (Å²) in [6.07, 6.45) is 1.74. The third-order valence-corrected chi connectivity index (χ3v) is 5.64. The van der Waals surface area contributed by atoms with E-state index >= 15 is 0 Å². The Morgan fingerprint density at radius 3 is 2.55 bits per heavy atom. The Bertz CT molecular complexity index is 1100. The van der Waals surface area contributed by atoms with E-state index in [1.807, 2.05) is 31.2 Å². The van der Waals surface area contributed by atoms with Gasteiger partial charge in [0.15, 0.2) is 0 Å². The van der Waals surface area contributed by atoms with Gasteiger partial charge in [0, 0.05) is 16.9 Å². The normalized spacial score (nSPS) is 16.0. The first-order valence-electron chi connectivity index (χ1n) is 9.95. The molecule has 0 saturated heterocycles. The average Bonchev–Trinajstić information content (AvgIpc) is 3.06. The highest BCUT2D eigenvalue weighted by Gasteiger charge is 2.40. The number of methoxy groups -OCH3 is 1. The van der Waals surface area contributed by atoms with E-state index in [0.717, 1.165) is 11.3 Å². The van der Waals surface area contributed by atoms with Crippen molar-refractivity contribution >= 4 is 29.1 Å². The summed E-state index contributed by atoms with van der Waals surface area (Å²) in [6.45, 7) is 1.92. The molecule has 0 fully saturated rings. The van der Waals surface area contributed by atoms with Crippen molar-refractivity contribution in [3.05, 3.63) is 88.7 Å². The monoisotopic (exact) mass is 435 g/mol. The maximum Gasteiger partial charge on any atom is 0.260 e. The first kappa shape index (κ1) is 20.9. The topological polar surface area (TPSA) is 71.5 Å². The summed E-state index contributed by atoms with van der Waals surface area (Å²) < 4.78 is 5.18. The van der Waals surface area contributed by atoms with Crippen LogP contribution in [0, 0.1) is 0 Å². The van der Waals surface area contributed by atoms with Gasteiger partial charge in [-0.1, -0.05) is 23.7 Å². The number of aromatic nitrogens is 1. The molecule has 0 spiro atoms. The summed E-state index contributed by atoms with van der Waals surface area (Å²) >= 11 is 6.01. The second-order valence-electron chi connectivity index (χ2n) is 7.37. The van der Waals surface area contributed by atoms with Gasteiger partial charge in [-0.3, -0.25) is 19.5 Å². The van der Waals surface area contributed by atoms with Crippen LogP contribution in [0.3, 0.4) is 0 Å². The summed E-state index contributed by atoms with van der Waals surface area (Å²) in [4.78, 5) is 32.0. The molecule has 1 aromatic heterocycles. The summed E-state index contributed by atoms with van der Waals surface area (Å²) in [7, 11) is 1.61. The zero-order chi connectivity index (χ0) is 22.0. The van der Waals surface area contributed by atoms with Gasteiger partial charge in [-0.05, 0) is 61.0 Å². The summed E-state index contributed by atoms with van der Waals surface area (Å²) in [5, 5.41) is 3.60. The Labute approximate surface area is 185 Å². The van der Waals surface area contributed by atoms with Crippen molar-refractivity contribution < 1.29 is 14.3 Å². The Balaban J connectivity index is 1.55. The predicted octanol–water partition coefficient (Wildman–Crippen LogP) is 4.71. The quantitative estimate of drug-likeness (QED) is 0.608. The number of halogens is 1.